The average molecular weight is 295 g/mol. The van der Waals surface area contributed by atoms with Gasteiger partial charge in [-0.1, -0.05) is 19.4 Å². The quantitative estimate of drug-likeness (QED) is 0.779. The molecule has 1 fully saturated rings. The third kappa shape index (κ3) is 5.23. The Morgan fingerprint density at radius 2 is 2.05 bits per heavy atom. The molecule has 0 aromatic carbocycles. The summed E-state index contributed by atoms with van der Waals surface area (Å²) in [6.45, 7) is 8.65. The fourth-order valence-corrected chi connectivity index (χ4v) is 3.14. The van der Waals surface area contributed by atoms with Crippen LogP contribution < -0.4 is 5.32 Å². The molecule has 0 bridgehead atoms. The highest BCUT2D eigenvalue weighted by atomic mass is 32.1. The summed E-state index contributed by atoms with van der Waals surface area (Å²) in [6, 6.07) is 4.30. The van der Waals surface area contributed by atoms with Crippen molar-refractivity contribution in [3.63, 3.8) is 0 Å². The molecule has 1 amide bonds. The number of thiophene rings is 1. The average Bonchev–Trinajstić information content (AvgIpc) is 2.94. The van der Waals surface area contributed by atoms with E-state index in [4.69, 9.17) is 0 Å². The molecule has 0 spiro atoms. The third-order valence-electron chi connectivity index (χ3n) is 3.64. The Morgan fingerprint density at radius 3 is 2.70 bits per heavy atom. The minimum absolute atomic E-state index is 0.171. The fraction of sp³-hybridized carbons (Fsp3) is 0.667. The molecule has 1 saturated heterocycles. The number of hydrogen-bond donors (Lipinski definition) is 1. The normalized spacial score (nSPS) is 17.2. The summed E-state index contributed by atoms with van der Waals surface area (Å²) in [7, 11) is 0. The number of hydrogen-bond acceptors (Lipinski definition) is 4. The summed E-state index contributed by atoms with van der Waals surface area (Å²) in [6.07, 6.45) is 2.20. The fourth-order valence-electron chi connectivity index (χ4n) is 2.39. The van der Waals surface area contributed by atoms with Crippen molar-refractivity contribution in [2.24, 2.45) is 0 Å². The number of piperazine rings is 1. The van der Waals surface area contributed by atoms with E-state index in [2.05, 4.69) is 39.6 Å². The van der Waals surface area contributed by atoms with E-state index in [-0.39, 0.29) is 5.91 Å². The number of rotatable bonds is 7. The highest BCUT2D eigenvalue weighted by molar-refractivity contribution is 7.09. The smallest absolute Gasteiger partial charge is 0.234 e. The van der Waals surface area contributed by atoms with E-state index in [9.17, 15) is 4.79 Å². The molecular weight excluding hydrogens is 270 g/mol. The van der Waals surface area contributed by atoms with Crippen molar-refractivity contribution < 1.29 is 4.79 Å². The number of carbonyl (C=O) groups excluding carboxylic acids is 1. The zero-order valence-corrected chi connectivity index (χ0v) is 13.1. The lowest BCUT2D eigenvalue weighted by atomic mass is 10.3. The summed E-state index contributed by atoms with van der Waals surface area (Å²) in [5.74, 6) is 0.171. The van der Waals surface area contributed by atoms with E-state index in [1.54, 1.807) is 0 Å². The Kier molecular flexibility index (Phi) is 6.50. The molecule has 0 aliphatic carbocycles. The molecule has 1 N–H and O–H groups in total. The second-order valence-corrected chi connectivity index (χ2v) is 6.37. The van der Waals surface area contributed by atoms with Gasteiger partial charge in [-0.25, -0.2) is 0 Å². The topological polar surface area (TPSA) is 35.6 Å². The van der Waals surface area contributed by atoms with Crippen LogP contribution in [0.3, 0.4) is 0 Å². The maximum Gasteiger partial charge on any atom is 0.234 e. The Balaban J connectivity index is 1.62. The van der Waals surface area contributed by atoms with Crippen LogP contribution in [-0.2, 0) is 11.3 Å². The largest absolute Gasteiger partial charge is 0.355 e. The predicted octanol–water partition coefficient (Wildman–Crippen LogP) is 1.78. The van der Waals surface area contributed by atoms with Gasteiger partial charge in [0.05, 0.1) is 6.54 Å². The molecule has 2 rings (SSSR count). The SMILES string of the molecule is CCCCNC(=O)CN1CCN(Cc2cccs2)CC1. The van der Waals surface area contributed by atoms with Crippen molar-refractivity contribution in [1.82, 2.24) is 15.1 Å². The van der Waals surface area contributed by atoms with Crippen molar-refractivity contribution in [3.8, 4) is 0 Å². The minimum atomic E-state index is 0.171. The molecular formula is C15H25N3OS. The molecule has 2 heterocycles. The molecule has 1 aliphatic rings. The lowest BCUT2D eigenvalue weighted by Crippen LogP contribution is -2.49. The molecule has 4 nitrogen and oxygen atoms in total. The van der Waals surface area contributed by atoms with Gasteiger partial charge in [0.25, 0.3) is 0 Å². The second-order valence-electron chi connectivity index (χ2n) is 5.34. The first kappa shape index (κ1) is 15.5. The molecule has 0 radical (unpaired) electrons. The molecule has 1 aromatic heterocycles. The van der Waals surface area contributed by atoms with Gasteiger partial charge in [0.1, 0.15) is 0 Å². The number of amides is 1. The maximum atomic E-state index is 11.8. The van der Waals surface area contributed by atoms with Gasteiger partial charge >= 0.3 is 0 Å². The van der Waals surface area contributed by atoms with E-state index < -0.39 is 0 Å². The second kappa shape index (κ2) is 8.39. The first-order chi connectivity index (χ1) is 9.78. The summed E-state index contributed by atoms with van der Waals surface area (Å²) in [4.78, 5) is 17.9. The van der Waals surface area contributed by atoms with Crippen molar-refractivity contribution in [1.29, 1.82) is 0 Å². The van der Waals surface area contributed by atoms with E-state index in [1.165, 1.54) is 4.88 Å². The third-order valence-corrected chi connectivity index (χ3v) is 4.51. The summed E-state index contributed by atoms with van der Waals surface area (Å²) in [5, 5.41) is 5.12. The molecule has 0 saturated carbocycles. The molecule has 112 valence electrons. The van der Waals surface area contributed by atoms with E-state index in [0.29, 0.717) is 6.54 Å². The first-order valence-electron chi connectivity index (χ1n) is 7.51. The van der Waals surface area contributed by atoms with Gasteiger partial charge in [-0.05, 0) is 17.9 Å². The zero-order valence-electron chi connectivity index (χ0n) is 12.3. The van der Waals surface area contributed by atoms with Gasteiger partial charge in [0.2, 0.25) is 5.91 Å². The van der Waals surface area contributed by atoms with Gasteiger partial charge in [-0.15, -0.1) is 11.3 Å². The van der Waals surface area contributed by atoms with Crippen LogP contribution in [0, 0.1) is 0 Å². The summed E-state index contributed by atoms with van der Waals surface area (Å²) < 4.78 is 0. The molecule has 0 unspecified atom stereocenters. The van der Waals surface area contributed by atoms with Gasteiger partial charge in [0, 0.05) is 44.1 Å². The number of nitrogens with zero attached hydrogens (tertiary/aromatic N) is 2. The van der Waals surface area contributed by atoms with E-state index >= 15 is 0 Å². The minimum Gasteiger partial charge on any atom is -0.355 e. The Bertz CT molecular complexity index is 386. The Morgan fingerprint density at radius 1 is 1.30 bits per heavy atom. The van der Waals surface area contributed by atoms with Crippen molar-refractivity contribution in [2.45, 2.75) is 26.3 Å². The van der Waals surface area contributed by atoms with Crippen LogP contribution in [0.4, 0.5) is 0 Å². The van der Waals surface area contributed by atoms with Crippen LogP contribution in [0.1, 0.15) is 24.6 Å². The standard InChI is InChI=1S/C15H25N3OS/c1-2-3-6-16-15(19)13-18-9-7-17(8-10-18)12-14-5-4-11-20-14/h4-5,11H,2-3,6-10,12-13H2,1H3,(H,16,19). The lowest BCUT2D eigenvalue weighted by Gasteiger charge is -2.34. The molecule has 5 heteroatoms. The number of carbonyl (C=O) groups is 1. The first-order valence-corrected chi connectivity index (χ1v) is 8.39. The highest BCUT2D eigenvalue weighted by Gasteiger charge is 2.18. The monoisotopic (exact) mass is 295 g/mol. The van der Waals surface area contributed by atoms with Crippen molar-refractivity contribution in [2.75, 3.05) is 39.3 Å². The van der Waals surface area contributed by atoms with Crippen molar-refractivity contribution >= 4 is 17.2 Å². The molecule has 1 aromatic rings. The van der Waals surface area contributed by atoms with Gasteiger partial charge in [0.15, 0.2) is 0 Å². The summed E-state index contributed by atoms with van der Waals surface area (Å²) in [5.41, 5.74) is 0. The van der Waals surface area contributed by atoms with Crippen molar-refractivity contribution in [3.05, 3.63) is 22.4 Å². The van der Waals surface area contributed by atoms with Crippen LogP contribution >= 0.6 is 11.3 Å². The highest BCUT2D eigenvalue weighted by Crippen LogP contribution is 2.13. The molecule has 0 atom stereocenters. The number of unbranched alkanes of at least 4 members (excludes halogenated alkanes) is 1. The Hall–Kier alpha value is -0.910. The van der Waals surface area contributed by atoms with Crippen LogP contribution in [-0.4, -0.2) is 55.0 Å². The van der Waals surface area contributed by atoms with Crippen LogP contribution in [0.15, 0.2) is 17.5 Å². The Labute approximate surface area is 125 Å². The van der Waals surface area contributed by atoms with Crippen LogP contribution in [0.5, 0.6) is 0 Å². The maximum absolute atomic E-state index is 11.8. The van der Waals surface area contributed by atoms with Gasteiger partial charge in [-0.2, -0.15) is 0 Å². The van der Waals surface area contributed by atoms with Gasteiger partial charge in [-0.3, -0.25) is 14.6 Å². The van der Waals surface area contributed by atoms with E-state index in [0.717, 1.165) is 52.1 Å². The number of nitrogens with one attached hydrogen (secondary N) is 1. The summed E-state index contributed by atoms with van der Waals surface area (Å²) >= 11 is 1.82. The molecule has 20 heavy (non-hydrogen) atoms. The lowest BCUT2D eigenvalue weighted by molar-refractivity contribution is -0.122. The molecule has 1 aliphatic heterocycles. The van der Waals surface area contributed by atoms with E-state index in [1.807, 2.05) is 11.3 Å². The predicted molar refractivity (Wildman–Crippen MR) is 84.0 cm³/mol. The van der Waals surface area contributed by atoms with Crippen LogP contribution in [0.25, 0.3) is 0 Å². The van der Waals surface area contributed by atoms with Gasteiger partial charge < -0.3 is 5.32 Å². The van der Waals surface area contributed by atoms with Crippen LogP contribution in [0.2, 0.25) is 0 Å². The zero-order chi connectivity index (χ0) is 14.2.